The minimum Gasteiger partial charge on any atom is -0.390 e. The van der Waals surface area contributed by atoms with E-state index in [1.54, 1.807) is 20.8 Å². The van der Waals surface area contributed by atoms with Crippen molar-refractivity contribution in [3.05, 3.63) is 27.0 Å². The third-order valence-electron chi connectivity index (χ3n) is 5.69. The SMILES string of the molecule is CC(C)(C)C(O)[C@H]1O[C@@H](n2cc3c(=O)n(c2=O)[SiH2]3)[C@@H](O)[C@@]1(O)C(C)(C)C. The molecule has 0 aliphatic carbocycles. The standard InChI is InChI=1S/C17H28N2O6Si/c1-15(2,3)9(20)11-17(24,16(4,5)6)10(21)13(25-11)18-7-8-12(22)19(26-8)14(18)23/h7,9-11,13,20-21,24H,26H2,1-6H3/t9?,10-,11-,13-,17+/m1/s1. The molecule has 1 unspecified atom stereocenters. The molecule has 1 aromatic rings. The molecule has 1 fully saturated rings. The Morgan fingerprint density at radius 2 is 1.81 bits per heavy atom. The molecule has 0 spiro atoms. The molecule has 3 aliphatic heterocycles. The van der Waals surface area contributed by atoms with Crippen LogP contribution < -0.4 is 16.4 Å². The lowest BCUT2D eigenvalue weighted by molar-refractivity contribution is -0.188. The summed E-state index contributed by atoms with van der Waals surface area (Å²) in [4.78, 5) is 24.3. The van der Waals surface area contributed by atoms with Crippen molar-refractivity contribution in [3.63, 3.8) is 0 Å². The zero-order valence-corrected chi connectivity index (χ0v) is 17.5. The van der Waals surface area contributed by atoms with Gasteiger partial charge in [0.25, 0.3) is 0 Å². The van der Waals surface area contributed by atoms with Crippen LogP contribution in [-0.4, -0.2) is 57.7 Å². The number of hydrogen-bond donors (Lipinski definition) is 3. The Balaban J connectivity index is 2.10. The quantitative estimate of drug-likeness (QED) is 0.517. The van der Waals surface area contributed by atoms with Crippen LogP contribution in [0.15, 0.2) is 15.8 Å². The number of aliphatic hydroxyl groups is 3. The molecule has 0 radical (unpaired) electrons. The minimum absolute atomic E-state index is 0.289. The van der Waals surface area contributed by atoms with Gasteiger partial charge in [-0.25, -0.2) is 4.79 Å². The fraction of sp³-hybridized carbons (Fsp3) is 0.765. The maximum absolute atomic E-state index is 12.5. The van der Waals surface area contributed by atoms with Crippen LogP contribution in [0, 0.1) is 10.8 Å². The van der Waals surface area contributed by atoms with Crippen LogP contribution in [0.5, 0.6) is 0 Å². The van der Waals surface area contributed by atoms with Gasteiger partial charge in [0, 0.05) is 11.4 Å². The molecule has 0 aromatic carbocycles. The van der Waals surface area contributed by atoms with E-state index in [4.69, 9.17) is 4.74 Å². The van der Waals surface area contributed by atoms with Crippen molar-refractivity contribution in [3.8, 4) is 0 Å². The highest BCUT2D eigenvalue weighted by atomic mass is 28.2. The maximum atomic E-state index is 12.5. The van der Waals surface area contributed by atoms with E-state index >= 15 is 0 Å². The normalized spacial score (nSPS) is 33.3. The molecule has 8 nitrogen and oxygen atoms in total. The topological polar surface area (TPSA) is 114 Å². The van der Waals surface area contributed by atoms with E-state index in [2.05, 4.69) is 0 Å². The summed E-state index contributed by atoms with van der Waals surface area (Å²) in [6.07, 6.45) is -3.37. The molecule has 1 aromatic heterocycles. The van der Waals surface area contributed by atoms with Crippen LogP contribution in [0.1, 0.15) is 47.8 Å². The van der Waals surface area contributed by atoms with Crippen molar-refractivity contribution in [2.24, 2.45) is 10.8 Å². The first-order valence-corrected chi connectivity index (χ1v) is 10.1. The van der Waals surface area contributed by atoms with Crippen LogP contribution in [0.4, 0.5) is 0 Å². The first kappa shape index (κ1) is 19.5. The molecule has 3 aliphatic rings. The molecule has 4 rings (SSSR count). The van der Waals surface area contributed by atoms with Gasteiger partial charge in [-0.3, -0.25) is 13.6 Å². The van der Waals surface area contributed by atoms with E-state index in [0.29, 0.717) is 5.19 Å². The molecule has 5 atom stereocenters. The Kier molecular flexibility index (Phi) is 4.21. The van der Waals surface area contributed by atoms with E-state index in [1.165, 1.54) is 15.0 Å². The minimum atomic E-state index is -1.79. The van der Waals surface area contributed by atoms with Gasteiger partial charge in [-0.05, 0) is 10.8 Å². The lowest BCUT2D eigenvalue weighted by atomic mass is 9.66. The van der Waals surface area contributed by atoms with Gasteiger partial charge in [0.15, 0.2) is 15.9 Å². The smallest absolute Gasteiger partial charge is 0.324 e. The Labute approximate surface area is 153 Å². The fourth-order valence-electron chi connectivity index (χ4n) is 3.76. The van der Waals surface area contributed by atoms with Gasteiger partial charge in [0.1, 0.15) is 17.8 Å². The van der Waals surface area contributed by atoms with Crippen molar-refractivity contribution in [1.82, 2.24) is 8.80 Å². The highest BCUT2D eigenvalue weighted by Crippen LogP contribution is 2.50. The Bertz CT molecular complexity index is 849. The monoisotopic (exact) mass is 384 g/mol. The first-order chi connectivity index (χ1) is 11.7. The van der Waals surface area contributed by atoms with Gasteiger partial charge in [-0.1, -0.05) is 41.5 Å². The first-order valence-electron chi connectivity index (χ1n) is 8.80. The Morgan fingerprint density at radius 3 is 2.23 bits per heavy atom. The van der Waals surface area contributed by atoms with Crippen LogP contribution in [-0.2, 0) is 4.74 Å². The molecular weight excluding hydrogens is 356 g/mol. The second-order valence-electron chi connectivity index (χ2n) is 9.51. The van der Waals surface area contributed by atoms with E-state index in [-0.39, 0.29) is 5.56 Å². The summed E-state index contributed by atoms with van der Waals surface area (Å²) in [5.41, 5.74) is -4.07. The number of rotatable bonds is 2. The fourth-order valence-corrected chi connectivity index (χ4v) is 5.05. The summed E-state index contributed by atoms with van der Waals surface area (Å²) in [6, 6.07) is 0. The average Bonchev–Trinajstić information content (AvgIpc) is 2.78. The van der Waals surface area contributed by atoms with Gasteiger partial charge in [-0.15, -0.1) is 0 Å². The van der Waals surface area contributed by atoms with Crippen molar-refractivity contribution < 1.29 is 20.1 Å². The summed E-state index contributed by atoms with van der Waals surface area (Å²) >= 11 is 0. The molecule has 146 valence electrons. The van der Waals surface area contributed by atoms with Crippen molar-refractivity contribution >= 4 is 14.9 Å². The molecular formula is C17H28N2O6Si. The summed E-state index contributed by atoms with van der Waals surface area (Å²) < 4.78 is 8.27. The maximum Gasteiger partial charge on any atom is 0.324 e. The number of fused-ring (bicyclic) bond motifs is 2. The highest BCUT2D eigenvalue weighted by molar-refractivity contribution is 6.55. The van der Waals surface area contributed by atoms with Gasteiger partial charge in [0.2, 0.25) is 5.56 Å². The lowest BCUT2D eigenvalue weighted by Gasteiger charge is -2.45. The lowest BCUT2D eigenvalue weighted by Crippen LogP contribution is -2.65. The van der Waals surface area contributed by atoms with Crippen LogP contribution in [0.2, 0.25) is 0 Å². The molecule has 0 amide bonds. The zero-order chi connectivity index (χ0) is 19.8. The van der Waals surface area contributed by atoms with E-state index in [9.17, 15) is 24.9 Å². The van der Waals surface area contributed by atoms with Crippen molar-refractivity contribution in [2.75, 3.05) is 0 Å². The van der Waals surface area contributed by atoms with E-state index in [0.717, 1.165) is 0 Å². The molecule has 3 N–H and O–H groups in total. The van der Waals surface area contributed by atoms with E-state index in [1.807, 2.05) is 20.8 Å². The third-order valence-corrected chi connectivity index (χ3v) is 7.39. The largest absolute Gasteiger partial charge is 0.390 e. The van der Waals surface area contributed by atoms with Gasteiger partial charge in [-0.2, -0.15) is 0 Å². The summed E-state index contributed by atoms with van der Waals surface area (Å²) in [5, 5.41) is 33.8. The van der Waals surface area contributed by atoms with Crippen LogP contribution >= 0.6 is 0 Å². The van der Waals surface area contributed by atoms with Crippen LogP contribution in [0.3, 0.4) is 0 Å². The molecule has 2 bridgehead atoms. The third kappa shape index (κ3) is 2.49. The zero-order valence-electron chi connectivity index (χ0n) is 16.1. The predicted molar refractivity (Wildman–Crippen MR) is 98.3 cm³/mol. The number of aliphatic hydroxyl groups excluding tert-OH is 2. The summed E-state index contributed by atoms with van der Waals surface area (Å²) in [7, 11) is -1.04. The van der Waals surface area contributed by atoms with Crippen LogP contribution in [0.25, 0.3) is 0 Å². The molecule has 1 saturated heterocycles. The number of nitrogens with zero attached hydrogens (tertiary/aromatic N) is 2. The number of aromatic nitrogens is 2. The second-order valence-corrected chi connectivity index (χ2v) is 11.2. The Hall–Kier alpha value is -1.26. The van der Waals surface area contributed by atoms with Crippen molar-refractivity contribution in [1.29, 1.82) is 0 Å². The summed E-state index contributed by atoms with van der Waals surface area (Å²) in [5.74, 6) is 0. The van der Waals surface area contributed by atoms with Gasteiger partial charge < -0.3 is 20.1 Å². The average molecular weight is 385 g/mol. The van der Waals surface area contributed by atoms with Gasteiger partial charge >= 0.3 is 5.69 Å². The van der Waals surface area contributed by atoms with E-state index < -0.39 is 56.3 Å². The highest BCUT2D eigenvalue weighted by Gasteiger charge is 2.64. The predicted octanol–water partition coefficient (Wildman–Crippen LogP) is -1.98. The summed E-state index contributed by atoms with van der Waals surface area (Å²) in [6.45, 7) is 10.7. The molecule has 26 heavy (non-hydrogen) atoms. The number of hydrogen-bond acceptors (Lipinski definition) is 6. The Morgan fingerprint density at radius 1 is 1.23 bits per heavy atom. The van der Waals surface area contributed by atoms with Gasteiger partial charge in [0.05, 0.1) is 6.10 Å². The second kappa shape index (κ2) is 5.62. The number of ether oxygens (including phenoxy) is 1. The molecule has 9 heteroatoms. The molecule has 4 heterocycles. The molecule has 0 saturated carbocycles. The van der Waals surface area contributed by atoms with Crippen molar-refractivity contribution in [2.45, 2.75) is 71.7 Å².